The summed E-state index contributed by atoms with van der Waals surface area (Å²) in [5.74, 6) is 0.243. The Morgan fingerprint density at radius 3 is 1.90 bits per heavy atom. The van der Waals surface area contributed by atoms with Crippen molar-refractivity contribution in [3.05, 3.63) is 32.1 Å². The van der Waals surface area contributed by atoms with E-state index >= 15 is 0 Å². The van der Waals surface area contributed by atoms with Crippen LogP contribution >= 0.6 is 0 Å². The molecule has 0 heterocycles. The Hall–Kier alpha value is -1.99. The van der Waals surface area contributed by atoms with Crippen LogP contribution in [-0.4, -0.2) is 9.85 Å². The molecule has 0 aromatic heterocycles. The highest BCUT2D eigenvalue weighted by molar-refractivity contribution is 5.00. The number of nitrogens with zero attached hydrogens (tertiary/aromatic N) is 2. The van der Waals surface area contributed by atoms with E-state index < -0.39 is 15.7 Å². The van der Waals surface area contributed by atoms with Gasteiger partial charge >= 0.3 is 11.9 Å². The van der Waals surface area contributed by atoms with Gasteiger partial charge in [0.05, 0.1) is 0 Å². The number of nitro groups is 2. The minimum absolute atomic E-state index is 1.21. The molecule has 0 aromatic carbocycles. The smallest absolute Gasteiger partial charge is 0.251 e. The predicted octanol–water partition coefficient (Wildman–Crippen LogP) is -0.182. The molecule has 0 rings (SSSR count). The Balaban J connectivity index is 4.64. The number of allylic oxidation sites excluding steroid dienone is 1. The molecule has 0 unspecified atom stereocenters. The minimum Gasteiger partial charge on any atom is -0.251 e. The fourth-order valence-electron chi connectivity index (χ4n) is 0.223. The molecule has 0 bridgehead atoms. The first-order valence-electron chi connectivity index (χ1n) is 1.97. The van der Waals surface area contributed by atoms with Gasteiger partial charge < -0.3 is 0 Å². The van der Waals surface area contributed by atoms with Crippen molar-refractivity contribution >= 4 is 0 Å². The topological polar surface area (TPSA) is 86.3 Å². The van der Waals surface area contributed by atoms with Crippen LogP contribution in [-0.2, 0) is 0 Å². The zero-order valence-corrected chi connectivity index (χ0v) is 4.60. The molecule has 0 saturated carbocycles. The van der Waals surface area contributed by atoms with Crippen LogP contribution < -0.4 is 0 Å². The highest BCUT2D eigenvalue weighted by Gasteiger charge is 2.33. The van der Waals surface area contributed by atoms with Crippen LogP contribution in [0.1, 0.15) is 0 Å². The Bertz CT molecular complexity index is 220. The average molecular weight is 141 g/mol. The van der Waals surface area contributed by atoms with Crippen molar-refractivity contribution in [2.75, 3.05) is 0 Å². The monoisotopic (exact) mass is 141 g/mol. The Morgan fingerprint density at radius 2 is 1.80 bits per heavy atom. The highest BCUT2D eigenvalue weighted by atomic mass is 16.7. The average Bonchev–Trinajstić information content (AvgIpc) is 1.81. The summed E-state index contributed by atoms with van der Waals surface area (Å²) in [6.07, 6.45) is 6.04. The molecule has 6 nitrogen and oxygen atoms in total. The molecule has 0 aromatic rings. The van der Waals surface area contributed by atoms with Gasteiger partial charge in [0, 0.05) is 0 Å². The van der Waals surface area contributed by atoms with E-state index in [0.29, 0.717) is 0 Å². The second-order valence-electron chi connectivity index (χ2n) is 1.11. The van der Waals surface area contributed by atoms with Gasteiger partial charge in [-0.2, -0.15) is 0 Å². The van der Waals surface area contributed by atoms with Gasteiger partial charge in [0.2, 0.25) is 5.92 Å². The van der Waals surface area contributed by atoms with Crippen molar-refractivity contribution in [2.24, 2.45) is 0 Å². The van der Waals surface area contributed by atoms with E-state index in [0.717, 1.165) is 0 Å². The van der Waals surface area contributed by atoms with Crippen LogP contribution in [0.25, 0.3) is 0 Å². The molecule has 0 aliphatic heterocycles. The van der Waals surface area contributed by atoms with Crippen LogP contribution in [0.3, 0.4) is 0 Å². The number of hydrogen-bond acceptors (Lipinski definition) is 4. The summed E-state index contributed by atoms with van der Waals surface area (Å²) in [5.41, 5.74) is 0. The minimum atomic E-state index is -1.32. The van der Waals surface area contributed by atoms with Crippen molar-refractivity contribution in [3.8, 4) is 12.3 Å². The van der Waals surface area contributed by atoms with Crippen molar-refractivity contribution < 1.29 is 9.85 Å². The summed E-state index contributed by atoms with van der Waals surface area (Å²) in [7, 11) is 0. The molecular formula is C4HN2O4+. The van der Waals surface area contributed by atoms with E-state index in [2.05, 4.69) is 6.42 Å². The van der Waals surface area contributed by atoms with E-state index in [-0.39, 0.29) is 0 Å². The fourth-order valence-corrected chi connectivity index (χ4v) is 0.223. The summed E-state index contributed by atoms with van der Waals surface area (Å²) in [6, 6.07) is 0. The molecule has 0 amide bonds. The lowest BCUT2D eigenvalue weighted by Crippen LogP contribution is -2.08. The Kier molecular flexibility index (Phi) is 2.50. The molecule has 0 aliphatic carbocycles. The van der Waals surface area contributed by atoms with Crippen molar-refractivity contribution in [2.45, 2.75) is 0 Å². The molecule has 10 heavy (non-hydrogen) atoms. The SMILES string of the molecule is C#C[C+]=C([N+](=O)[O-])[N+](=O)[O-]. The first-order chi connectivity index (χ1) is 4.59. The number of terminal acetylenes is 1. The summed E-state index contributed by atoms with van der Waals surface area (Å²) >= 11 is 0. The first-order valence-corrected chi connectivity index (χ1v) is 1.97. The van der Waals surface area contributed by atoms with Crippen molar-refractivity contribution in [3.63, 3.8) is 0 Å². The predicted molar refractivity (Wildman–Crippen MR) is 29.6 cm³/mol. The van der Waals surface area contributed by atoms with Crippen molar-refractivity contribution in [1.82, 2.24) is 0 Å². The summed E-state index contributed by atoms with van der Waals surface area (Å²) in [5, 5.41) is 19.4. The number of rotatable bonds is 2. The van der Waals surface area contributed by atoms with E-state index in [1.165, 1.54) is 6.08 Å². The highest BCUT2D eigenvalue weighted by Crippen LogP contribution is 1.92. The lowest BCUT2D eigenvalue weighted by atomic mass is 10.6. The van der Waals surface area contributed by atoms with Gasteiger partial charge in [-0.15, -0.1) is 0 Å². The quantitative estimate of drug-likeness (QED) is 0.231. The first kappa shape index (κ1) is 8.01. The van der Waals surface area contributed by atoms with Crippen LogP contribution in [0, 0.1) is 38.6 Å². The molecule has 0 spiro atoms. The molecule has 0 atom stereocenters. The molecule has 0 aliphatic rings. The van der Waals surface area contributed by atoms with Gasteiger partial charge in [-0.25, -0.2) is 0 Å². The second kappa shape index (κ2) is 3.12. The Labute approximate surface area is 55.4 Å². The maximum absolute atomic E-state index is 9.70. The van der Waals surface area contributed by atoms with Gasteiger partial charge in [0.15, 0.2) is 9.85 Å². The largest absolute Gasteiger partial charge is 0.713 e. The summed E-state index contributed by atoms with van der Waals surface area (Å²) in [4.78, 5) is 17.0. The van der Waals surface area contributed by atoms with Crippen LogP contribution in [0.2, 0.25) is 0 Å². The molecule has 0 saturated heterocycles. The fraction of sp³-hybridized carbons (Fsp3) is 0. The molecule has 0 fully saturated rings. The maximum Gasteiger partial charge on any atom is 0.713 e. The van der Waals surface area contributed by atoms with E-state index in [4.69, 9.17) is 0 Å². The molecule has 6 heteroatoms. The van der Waals surface area contributed by atoms with Gasteiger partial charge in [-0.3, -0.25) is 20.2 Å². The van der Waals surface area contributed by atoms with E-state index in [1.807, 2.05) is 0 Å². The van der Waals surface area contributed by atoms with Gasteiger partial charge in [0.1, 0.15) is 6.42 Å². The van der Waals surface area contributed by atoms with Crippen molar-refractivity contribution in [1.29, 1.82) is 0 Å². The standard InChI is InChI=1S/C4HN2O4/c1-2-3-4(5(7)8)6(9)10/h1H/q+1. The summed E-state index contributed by atoms with van der Waals surface area (Å²) in [6.45, 7) is 0. The van der Waals surface area contributed by atoms with Gasteiger partial charge in [-0.05, 0) is 0 Å². The van der Waals surface area contributed by atoms with Crippen LogP contribution in [0.15, 0.2) is 5.82 Å². The zero-order valence-electron chi connectivity index (χ0n) is 4.60. The normalized spacial score (nSPS) is 7.10. The van der Waals surface area contributed by atoms with E-state index in [1.54, 1.807) is 5.92 Å². The molecule has 0 radical (unpaired) electrons. The van der Waals surface area contributed by atoms with Crippen LogP contribution in [0.5, 0.6) is 0 Å². The van der Waals surface area contributed by atoms with Crippen LogP contribution in [0.4, 0.5) is 0 Å². The molecule has 0 N–H and O–H groups in total. The Morgan fingerprint density at radius 1 is 1.40 bits per heavy atom. The third-order valence-electron chi connectivity index (χ3n) is 0.530. The summed E-state index contributed by atoms with van der Waals surface area (Å²) < 4.78 is 0. The van der Waals surface area contributed by atoms with E-state index in [9.17, 15) is 20.2 Å². The maximum atomic E-state index is 9.70. The third-order valence-corrected chi connectivity index (χ3v) is 0.530. The van der Waals surface area contributed by atoms with Gasteiger partial charge in [0.25, 0.3) is 0 Å². The lowest BCUT2D eigenvalue weighted by molar-refractivity contribution is -0.616. The third kappa shape index (κ3) is 1.86. The molecular weight excluding hydrogens is 140 g/mol. The van der Waals surface area contributed by atoms with Gasteiger partial charge in [-0.1, -0.05) is 0 Å². The second-order valence-corrected chi connectivity index (χ2v) is 1.11. The zero-order chi connectivity index (χ0) is 8.15. The lowest BCUT2D eigenvalue weighted by Gasteiger charge is -1.76. The number of hydrogen-bond donors (Lipinski definition) is 0. The molecule has 50 valence electrons.